The minimum Gasteiger partial charge on any atom is -0.496 e. The molecule has 1 fully saturated rings. The predicted octanol–water partition coefficient (Wildman–Crippen LogP) is 2.02. The van der Waals surface area contributed by atoms with Gasteiger partial charge in [0.15, 0.2) is 0 Å². The molecule has 0 unspecified atom stereocenters. The summed E-state index contributed by atoms with van der Waals surface area (Å²) in [6.45, 7) is 1.70. The van der Waals surface area contributed by atoms with Crippen LogP contribution in [0, 0.1) is 0 Å². The zero-order valence-corrected chi connectivity index (χ0v) is 16.7. The van der Waals surface area contributed by atoms with Crippen molar-refractivity contribution in [3.05, 3.63) is 65.2 Å². The van der Waals surface area contributed by atoms with E-state index in [0.717, 1.165) is 17.7 Å². The lowest BCUT2D eigenvalue weighted by Crippen LogP contribution is -2.54. The first-order valence-electron chi connectivity index (χ1n) is 10.2. The van der Waals surface area contributed by atoms with Crippen molar-refractivity contribution in [2.75, 3.05) is 13.7 Å². The highest BCUT2D eigenvalue weighted by molar-refractivity contribution is 5.90. The number of hydrogen-bond donors (Lipinski definition) is 2. The van der Waals surface area contributed by atoms with Gasteiger partial charge in [-0.25, -0.2) is 0 Å². The summed E-state index contributed by atoms with van der Waals surface area (Å²) >= 11 is 0. The highest BCUT2D eigenvalue weighted by Gasteiger charge is 2.37. The minimum absolute atomic E-state index is 0.0226. The van der Waals surface area contributed by atoms with Crippen LogP contribution in [0.5, 0.6) is 5.75 Å². The number of methoxy groups -OCH3 is 1. The lowest BCUT2D eigenvalue weighted by Gasteiger charge is -2.31. The van der Waals surface area contributed by atoms with Crippen LogP contribution in [0.2, 0.25) is 0 Å². The van der Waals surface area contributed by atoms with Crippen molar-refractivity contribution >= 4 is 11.8 Å². The van der Waals surface area contributed by atoms with E-state index in [9.17, 15) is 9.59 Å². The molecule has 0 saturated carbocycles. The fourth-order valence-corrected chi connectivity index (χ4v) is 4.28. The van der Waals surface area contributed by atoms with E-state index in [1.165, 1.54) is 11.1 Å². The van der Waals surface area contributed by atoms with Gasteiger partial charge in [-0.3, -0.25) is 9.59 Å². The minimum atomic E-state index is -0.406. The fraction of sp³-hybridized carbons (Fsp3) is 0.391. The Labute approximate surface area is 171 Å². The highest BCUT2D eigenvalue weighted by atomic mass is 16.5. The number of fused-ring (bicyclic) bond motifs is 1. The summed E-state index contributed by atoms with van der Waals surface area (Å²) in [4.78, 5) is 27.8. The van der Waals surface area contributed by atoms with Gasteiger partial charge in [-0.1, -0.05) is 42.5 Å². The van der Waals surface area contributed by atoms with Crippen LogP contribution in [0.4, 0.5) is 0 Å². The van der Waals surface area contributed by atoms with Crippen molar-refractivity contribution in [1.29, 1.82) is 0 Å². The summed E-state index contributed by atoms with van der Waals surface area (Å²) < 4.78 is 5.35. The summed E-state index contributed by atoms with van der Waals surface area (Å²) in [7, 11) is 1.62. The summed E-state index contributed by atoms with van der Waals surface area (Å²) in [5.41, 5.74) is 3.37. The maximum atomic E-state index is 13.2. The van der Waals surface area contributed by atoms with Gasteiger partial charge in [-0.05, 0) is 36.5 Å². The number of nitrogens with zero attached hydrogens (tertiary/aromatic N) is 1. The predicted molar refractivity (Wildman–Crippen MR) is 110 cm³/mol. The average Bonchev–Trinajstić information content (AvgIpc) is 3.27. The van der Waals surface area contributed by atoms with Gasteiger partial charge in [0.2, 0.25) is 11.8 Å². The largest absolute Gasteiger partial charge is 0.496 e. The third kappa shape index (κ3) is 4.12. The van der Waals surface area contributed by atoms with Crippen LogP contribution in [0.1, 0.15) is 29.5 Å². The Bertz CT molecular complexity index is 898. The van der Waals surface area contributed by atoms with Crippen LogP contribution in [-0.2, 0) is 29.1 Å². The number of rotatable bonds is 5. The van der Waals surface area contributed by atoms with E-state index in [0.29, 0.717) is 32.5 Å². The first-order valence-corrected chi connectivity index (χ1v) is 10.2. The normalized spacial score (nSPS) is 20.8. The van der Waals surface area contributed by atoms with E-state index in [4.69, 9.17) is 4.74 Å². The first-order chi connectivity index (χ1) is 14.2. The van der Waals surface area contributed by atoms with Gasteiger partial charge in [0, 0.05) is 25.2 Å². The van der Waals surface area contributed by atoms with Crippen molar-refractivity contribution in [2.24, 2.45) is 0 Å². The number of amides is 2. The molecule has 2 heterocycles. The molecule has 0 bridgehead atoms. The second-order valence-electron chi connectivity index (χ2n) is 7.63. The lowest BCUT2D eigenvalue weighted by molar-refractivity contribution is -0.140. The molecule has 2 aromatic rings. The van der Waals surface area contributed by atoms with Crippen molar-refractivity contribution in [2.45, 2.75) is 44.4 Å². The van der Waals surface area contributed by atoms with Crippen LogP contribution < -0.4 is 15.4 Å². The number of hydrogen-bond acceptors (Lipinski definition) is 4. The molecule has 4 rings (SSSR count). The third-order valence-corrected chi connectivity index (χ3v) is 5.86. The summed E-state index contributed by atoms with van der Waals surface area (Å²) in [6.07, 6.45) is 2.22. The molecular weight excluding hydrogens is 366 g/mol. The summed E-state index contributed by atoms with van der Waals surface area (Å²) in [5, 5.41) is 6.33. The Morgan fingerprint density at radius 1 is 1.14 bits per heavy atom. The van der Waals surface area contributed by atoms with Crippen LogP contribution in [0.25, 0.3) is 0 Å². The number of ether oxygens (including phenoxy) is 1. The Balaban J connectivity index is 1.39. The number of nitrogens with one attached hydrogen (secondary N) is 2. The van der Waals surface area contributed by atoms with Gasteiger partial charge < -0.3 is 20.3 Å². The molecule has 29 heavy (non-hydrogen) atoms. The molecular formula is C23H27N3O3. The molecule has 6 nitrogen and oxygen atoms in total. The monoisotopic (exact) mass is 393 g/mol. The molecule has 6 heteroatoms. The first kappa shape index (κ1) is 19.5. The fourth-order valence-electron chi connectivity index (χ4n) is 4.28. The Hall–Kier alpha value is -2.86. The van der Waals surface area contributed by atoms with Gasteiger partial charge in [0.05, 0.1) is 13.2 Å². The molecule has 152 valence electrons. The van der Waals surface area contributed by atoms with Gasteiger partial charge in [-0.15, -0.1) is 0 Å². The molecule has 2 atom stereocenters. The lowest BCUT2D eigenvalue weighted by atomic mass is 9.95. The molecule has 2 aliphatic rings. The van der Waals surface area contributed by atoms with Crippen LogP contribution in [0.15, 0.2) is 48.5 Å². The Morgan fingerprint density at radius 2 is 1.90 bits per heavy atom. The van der Waals surface area contributed by atoms with Crippen LogP contribution in [-0.4, -0.2) is 42.5 Å². The SMILES string of the molecule is COc1ccccc1CNC(=O)[C@@H]1CCCN1C(=O)[C@@H]1Cc2ccccc2CN1. The maximum Gasteiger partial charge on any atom is 0.243 e. The van der Waals surface area contributed by atoms with E-state index < -0.39 is 6.04 Å². The van der Waals surface area contributed by atoms with Crippen LogP contribution in [0.3, 0.4) is 0 Å². The highest BCUT2D eigenvalue weighted by Crippen LogP contribution is 2.23. The van der Waals surface area contributed by atoms with Crippen molar-refractivity contribution < 1.29 is 14.3 Å². The molecule has 0 aromatic heterocycles. The Morgan fingerprint density at radius 3 is 2.72 bits per heavy atom. The standard InChI is InChI=1S/C23H27N3O3/c1-29-21-11-5-4-9-18(21)15-25-22(27)20-10-6-12-26(20)23(28)19-13-16-7-2-3-8-17(16)14-24-19/h2-5,7-9,11,19-20,24H,6,10,12-15H2,1H3,(H,25,27)/t19-,20-/m0/s1. The zero-order valence-electron chi connectivity index (χ0n) is 16.7. The van der Waals surface area contributed by atoms with E-state index in [2.05, 4.69) is 22.8 Å². The Kier molecular flexibility index (Phi) is 5.81. The van der Waals surface area contributed by atoms with Gasteiger partial charge in [0.25, 0.3) is 0 Å². The van der Waals surface area contributed by atoms with E-state index in [-0.39, 0.29) is 17.9 Å². The molecule has 1 saturated heterocycles. The zero-order chi connectivity index (χ0) is 20.2. The van der Waals surface area contributed by atoms with E-state index in [1.54, 1.807) is 12.0 Å². The van der Waals surface area contributed by atoms with E-state index >= 15 is 0 Å². The average molecular weight is 393 g/mol. The molecule has 2 N–H and O–H groups in total. The molecule has 2 amide bonds. The molecule has 2 aliphatic heterocycles. The van der Waals surface area contributed by atoms with Gasteiger partial charge >= 0.3 is 0 Å². The second kappa shape index (κ2) is 8.66. The number of para-hydroxylation sites is 1. The topological polar surface area (TPSA) is 70.7 Å². The van der Waals surface area contributed by atoms with E-state index in [1.807, 2.05) is 36.4 Å². The summed E-state index contributed by atoms with van der Waals surface area (Å²) in [5.74, 6) is 0.671. The molecule has 2 aromatic carbocycles. The smallest absolute Gasteiger partial charge is 0.243 e. The number of likely N-dealkylation sites (tertiary alicyclic amines) is 1. The number of carbonyl (C=O) groups is 2. The van der Waals surface area contributed by atoms with Crippen molar-refractivity contribution in [3.63, 3.8) is 0 Å². The van der Waals surface area contributed by atoms with Gasteiger partial charge in [0.1, 0.15) is 11.8 Å². The quantitative estimate of drug-likeness (QED) is 0.815. The third-order valence-electron chi connectivity index (χ3n) is 5.86. The molecule has 0 radical (unpaired) electrons. The van der Waals surface area contributed by atoms with Gasteiger partial charge in [-0.2, -0.15) is 0 Å². The second-order valence-corrected chi connectivity index (χ2v) is 7.63. The maximum absolute atomic E-state index is 13.2. The molecule has 0 spiro atoms. The molecule has 0 aliphatic carbocycles. The summed E-state index contributed by atoms with van der Waals surface area (Å²) in [6, 6.07) is 15.1. The number of carbonyl (C=O) groups excluding carboxylic acids is 2. The van der Waals surface area contributed by atoms with Crippen molar-refractivity contribution in [3.8, 4) is 5.75 Å². The van der Waals surface area contributed by atoms with Crippen molar-refractivity contribution in [1.82, 2.24) is 15.5 Å². The van der Waals surface area contributed by atoms with Crippen LogP contribution >= 0.6 is 0 Å². The number of benzene rings is 2.